The van der Waals surface area contributed by atoms with Crippen molar-refractivity contribution in [1.29, 1.82) is 0 Å². The number of benzene rings is 1. The van der Waals surface area contributed by atoms with Gasteiger partial charge in [0.1, 0.15) is 5.75 Å². The Bertz CT molecular complexity index is 735. The fourth-order valence-electron chi connectivity index (χ4n) is 1.94. The summed E-state index contributed by atoms with van der Waals surface area (Å²) in [6, 6.07) is 4.63. The summed E-state index contributed by atoms with van der Waals surface area (Å²) in [4.78, 5) is 27.2. The quantitative estimate of drug-likeness (QED) is 0.935. The van der Waals surface area contributed by atoms with E-state index in [1.54, 1.807) is 25.3 Å². The fourth-order valence-corrected chi connectivity index (χ4v) is 1.94. The highest BCUT2D eigenvalue weighted by molar-refractivity contribution is 5.90. The van der Waals surface area contributed by atoms with Crippen molar-refractivity contribution < 1.29 is 14.6 Å². The minimum Gasteiger partial charge on any atom is -0.478 e. The molecule has 1 aromatic carbocycles. The second-order valence-electron chi connectivity index (χ2n) is 4.87. The predicted octanol–water partition coefficient (Wildman–Crippen LogP) is 2.62. The molecular weight excluding hydrogens is 272 g/mol. The molecule has 0 amide bonds. The Balaban J connectivity index is 2.44. The molecule has 110 valence electrons. The van der Waals surface area contributed by atoms with Gasteiger partial charge < -0.3 is 14.4 Å². The van der Waals surface area contributed by atoms with E-state index in [-0.39, 0.29) is 23.0 Å². The zero-order valence-corrected chi connectivity index (χ0v) is 12.0. The molecule has 0 atom stereocenters. The van der Waals surface area contributed by atoms with Crippen LogP contribution in [0.5, 0.6) is 11.6 Å². The van der Waals surface area contributed by atoms with Gasteiger partial charge in [-0.2, -0.15) is 0 Å². The van der Waals surface area contributed by atoms with Gasteiger partial charge in [0.05, 0.1) is 5.56 Å². The molecule has 21 heavy (non-hydrogen) atoms. The number of carboxylic acid groups (broad SMARTS) is 1. The van der Waals surface area contributed by atoms with Gasteiger partial charge >= 0.3 is 11.5 Å². The molecule has 1 aromatic heterocycles. The molecule has 0 spiro atoms. The first-order chi connectivity index (χ1) is 9.91. The fraction of sp³-hybridized carbons (Fsp3) is 0.267. The van der Waals surface area contributed by atoms with Crippen molar-refractivity contribution in [1.82, 2.24) is 9.55 Å². The van der Waals surface area contributed by atoms with Crippen LogP contribution in [0.3, 0.4) is 0 Å². The third-order valence-corrected chi connectivity index (χ3v) is 3.11. The third kappa shape index (κ3) is 2.94. The maximum atomic E-state index is 12.2. The Morgan fingerprint density at radius 1 is 1.38 bits per heavy atom. The minimum absolute atomic E-state index is 0.0192. The first-order valence-electron chi connectivity index (χ1n) is 6.49. The lowest BCUT2D eigenvalue weighted by Crippen LogP contribution is -2.23. The molecule has 0 unspecified atom stereocenters. The van der Waals surface area contributed by atoms with Crippen LogP contribution in [0.15, 0.2) is 35.4 Å². The van der Waals surface area contributed by atoms with Crippen molar-refractivity contribution in [2.75, 3.05) is 0 Å². The Labute approximate surface area is 121 Å². The van der Waals surface area contributed by atoms with Gasteiger partial charge in [0.25, 0.3) is 5.88 Å². The molecule has 1 heterocycles. The van der Waals surface area contributed by atoms with Crippen LogP contribution >= 0.6 is 0 Å². The maximum Gasteiger partial charge on any atom is 0.336 e. The number of carbonyl (C=O) groups is 1. The van der Waals surface area contributed by atoms with E-state index in [0.29, 0.717) is 11.3 Å². The number of aromatic carboxylic acids is 1. The first-order valence-corrected chi connectivity index (χ1v) is 6.49. The molecule has 0 saturated heterocycles. The maximum absolute atomic E-state index is 12.2. The van der Waals surface area contributed by atoms with Crippen molar-refractivity contribution in [2.45, 2.75) is 26.8 Å². The lowest BCUT2D eigenvalue weighted by molar-refractivity contribution is 0.0695. The predicted molar refractivity (Wildman–Crippen MR) is 77.1 cm³/mol. The number of ether oxygens (including phenoxy) is 1. The van der Waals surface area contributed by atoms with Crippen LogP contribution in [0.2, 0.25) is 0 Å². The van der Waals surface area contributed by atoms with Gasteiger partial charge in [0, 0.05) is 24.0 Å². The highest BCUT2D eigenvalue weighted by Gasteiger charge is 2.14. The molecular formula is C15H16N2O4. The van der Waals surface area contributed by atoms with Crippen molar-refractivity contribution in [3.05, 3.63) is 52.1 Å². The summed E-state index contributed by atoms with van der Waals surface area (Å²) in [6.07, 6.45) is 3.06. The standard InChI is InChI=1S/C15H16N2O4/c1-9(2)17-8-7-16-13(14(17)18)21-12-6-4-5-11(10(12)3)15(19)20/h4-9H,1-3H3,(H,19,20). The Morgan fingerprint density at radius 2 is 2.10 bits per heavy atom. The molecule has 2 rings (SSSR count). The van der Waals surface area contributed by atoms with Gasteiger partial charge in [0.15, 0.2) is 0 Å². The summed E-state index contributed by atoms with van der Waals surface area (Å²) in [7, 11) is 0. The van der Waals surface area contributed by atoms with Crippen molar-refractivity contribution in [2.24, 2.45) is 0 Å². The van der Waals surface area contributed by atoms with Gasteiger partial charge in [-0.05, 0) is 32.9 Å². The van der Waals surface area contributed by atoms with E-state index in [9.17, 15) is 9.59 Å². The normalized spacial score (nSPS) is 10.7. The molecule has 0 fully saturated rings. The van der Waals surface area contributed by atoms with Crippen LogP contribution in [0.1, 0.15) is 35.8 Å². The Morgan fingerprint density at radius 3 is 2.71 bits per heavy atom. The molecule has 0 bridgehead atoms. The molecule has 0 aliphatic rings. The summed E-state index contributed by atoms with van der Waals surface area (Å²) in [5, 5.41) is 9.09. The highest BCUT2D eigenvalue weighted by atomic mass is 16.5. The van der Waals surface area contributed by atoms with Crippen LogP contribution in [0.25, 0.3) is 0 Å². The van der Waals surface area contributed by atoms with Crippen LogP contribution in [-0.4, -0.2) is 20.6 Å². The largest absolute Gasteiger partial charge is 0.478 e. The monoisotopic (exact) mass is 288 g/mol. The molecule has 0 aliphatic heterocycles. The molecule has 6 heteroatoms. The highest BCUT2D eigenvalue weighted by Crippen LogP contribution is 2.24. The van der Waals surface area contributed by atoms with Gasteiger partial charge in [-0.1, -0.05) is 6.07 Å². The lowest BCUT2D eigenvalue weighted by Gasteiger charge is -2.12. The number of hydrogen-bond donors (Lipinski definition) is 1. The summed E-state index contributed by atoms with van der Waals surface area (Å²) in [6.45, 7) is 5.38. The summed E-state index contributed by atoms with van der Waals surface area (Å²) in [5.41, 5.74) is 0.228. The summed E-state index contributed by atoms with van der Waals surface area (Å²) in [5.74, 6) is -0.809. The van der Waals surface area contributed by atoms with Gasteiger partial charge in [0.2, 0.25) is 0 Å². The average molecular weight is 288 g/mol. The minimum atomic E-state index is -1.04. The van der Waals surface area contributed by atoms with Crippen LogP contribution in [0, 0.1) is 6.92 Å². The molecule has 6 nitrogen and oxygen atoms in total. The first kappa shape index (κ1) is 14.8. The van der Waals surface area contributed by atoms with E-state index in [2.05, 4.69) is 4.98 Å². The average Bonchev–Trinajstić information content (AvgIpc) is 2.42. The van der Waals surface area contributed by atoms with Crippen molar-refractivity contribution >= 4 is 5.97 Å². The number of nitrogens with zero attached hydrogens (tertiary/aromatic N) is 2. The number of hydrogen-bond acceptors (Lipinski definition) is 4. The lowest BCUT2D eigenvalue weighted by atomic mass is 10.1. The third-order valence-electron chi connectivity index (χ3n) is 3.11. The van der Waals surface area contributed by atoms with E-state index in [4.69, 9.17) is 9.84 Å². The van der Waals surface area contributed by atoms with Crippen LogP contribution in [0.4, 0.5) is 0 Å². The molecule has 0 saturated carbocycles. The van der Waals surface area contributed by atoms with E-state index in [1.165, 1.54) is 16.8 Å². The molecule has 0 aliphatic carbocycles. The smallest absolute Gasteiger partial charge is 0.336 e. The SMILES string of the molecule is Cc1c(Oc2nccn(C(C)C)c2=O)cccc1C(=O)O. The van der Waals surface area contributed by atoms with E-state index in [1.807, 2.05) is 13.8 Å². The summed E-state index contributed by atoms with van der Waals surface area (Å²) < 4.78 is 7.01. The Kier molecular flexibility index (Phi) is 4.07. The number of rotatable bonds is 4. The van der Waals surface area contributed by atoms with Gasteiger partial charge in [-0.25, -0.2) is 9.78 Å². The topological polar surface area (TPSA) is 81.4 Å². The number of aromatic nitrogens is 2. The molecule has 2 aromatic rings. The van der Waals surface area contributed by atoms with E-state index in [0.717, 1.165) is 0 Å². The second kappa shape index (κ2) is 5.78. The second-order valence-corrected chi connectivity index (χ2v) is 4.87. The van der Waals surface area contributed by atoms with Crippen molar-refractivity contribution in [3.63, 3.8) is 0 Å². The Hall–Kier alpha value is -2.63. The molecule has 0 radical (unpaired) electrons. The van der Waals surface area contributed by atoms with Gasteiger partial charge in [-0.3, -0.25) is 4.79 Å². The van der Waals surface area contributed by atoms with E-state index < -0.39 is 5.97 Å². The molecule has 1 N–H and O–H groups in total. The zero-order valence-electron chi connectivity index (χ0n) is 12.0. The zero-order chi connectivity index (χ0) is 15.6. The van der Waals surface area contributed by atoms with Crippen LogP contribution in [-0.2, 0) is 0 Å². The van der Waals surface area contributed by atoms with E-state index >= 15 is 0 Å². The van der Waals surface area contributed by atoms with Crippen LogP contribution < -0.4 is 10.3 Å². The van der Waals surface area contributed by atoms with Crippen molar-refractivity contribution in [3.8, 4) is 11.6 Å². The number of carboxylic acids is 1. The van der Waals surface area contributed by atoms with Gasteiger partial charge in [-0.15, -0.1) is 0 Å². The summed E-state index contributed by atoms with van der Waals surface area (Å²) >= 11 is 0.